The summed E-state index contributed by atoms with van der Waals surface area (Å²) in [5.41, 5.74) is 15.3. The molecule has 0 saturated carbocycles. The van der Waals surface area contributed by atoms with Crippen molar-refractivity contribution in [1.29, 1.82) is 0 Å². The van der Waals surface area contributed by atoms with Crippen molar-refractivity contribution < 1.29 is 43.6 Å². The molecule has 2 amide bonds. The number of nitrogens with zero attached hydrogens (tertiary/aromatic N) is 5. The predicted molar refractivity (Wildman–Crippen MR) is 235 cm³/mol. The van der Waals surface area contributed by atoms with Crippen LogP contribution >= 0.6 is 11.8 Å². The highest BCUT2D eigenvalue weighted by Gasteiger charge is 2.23. The van der Waals surface area contributed by atoms with Crippen molar-refractivity contribution in [3.05, 3.63) is 41.6 Å². The van der Waals surface area contributed by atoms with Crippen LogP contribution in [0.4, 0.5) is 11.8 Å². The number of unbranched alkanes of at least 4 members (excludes halogenated alkanes) is 2. The SMILES string of the molecule is CCCCCNc1nc(N)nc2ccn(Cc3ccc(CN4CCN(C(=O)CCOCCOCCNC(=O)CCNCC[C@H](SC[C@H](N)C(=O)O)C(=O)O)CC4)cc3OC)c12. The number of carboxylic acid groups (broad SMARTS) is 2. The molecule has 0 spiro atoms. The van der Waals surface area contributed by atoms with Crippen molar-refractivity contribution in [1.82, 2.24) is 35.0 Å². The number of carbonyl (C=O) groups excluding carboxylic acids is 2. The number of thioether (sulfide) groups is 1. The van der Waals surface area contributed by atoms with Crippen molar-refractivity contribution in [3.63, 3.8) is 0 Å². The van der Waals surface area contributed by atoms with Gasteiger partial charge in [0.2, 0.25) is 17.8 Å². The fourth-order valence-electron chi connectivity index (χ4n) is 6.70. The molecule has 9 N–H and O–H groups in total. The lowest BCUT2D eigenvalue weighted by Gasteiger charge is -2.35. The van der Waals surface area contributed by atoms with Crippen LogP contribution in [0.15, 0.2) is 30.5 Å². The topological polar surface area (TPSA) is 262 Å². The number of ether oxygens (including phenoxy) is 3. The number of amides is 2. The lowest BCUT2D eigenvalue weighted by atomic mass is 10.1. The third kappa shape index (κ3) is 16.9. The summed E-state index contributed by atoms with van der Waals surface area (Å²) in [6.07, 6.45) is 6.11. The van der Waals surface area contributed by atoms with Crippen molar-refractivity contribution in [3.8, 4) is 5.75 Å². The van der Waals surface area contributed by atoms with Crippen LogP contribution in [-0.4, -0.2) is 161 Å². The van der Waals surface area contributed by atoms with E-state index in [-0.39, 0.29) is 36.4 Å². The zero-order chi connectivity index (χ0) is 44.0. The van der Waals surface area contributed by atoms with Gasteiger partial charge in [-0.2, -0.15) is 4.98 Å². The maximum absolute atomic E-state index is 12.9. The Hall–Kier alpha value is -4.73. The quantitative estimate of drug-likeness (QED) is 0.0471. The molecule has 0 aliphatic carbocycles. The molecule has 61 heavy (non-hydrogen) atoms. The van der Waals surface area contributed by atoms with Gasteiger partial charge in [0.15, 0.2) is 5.82 Å². The molecule has 1 saturated heterocycles. The molecular weight excluding hydrogens is 809 g/mol. The van der Waals surface area contributed by atoms with Crippen molar-refractivity contribution >= 4 is 58.3 Å². The Morgan fingerprint density at radius 2 is 1.67 bits per heavy atom. The fourth-order valence-corrected chi connectivity index (χ4v) is 7.71. The van der Waals surface area contributed by atoms with Crippen LogP contribution in [0.5, 0.6) is 5.75 Å². The molecule has 0 radical (unpaired) electrons. The first-order chi connectivity index (χ1) is 29.5. The highest BCUT2D eigenvalue weighted by atomic mass is 32.2. The second-order valence-electron chi connectivity index (χ2n) is 14.8. The van der Waals surface area contributed by atoms with E-state index in [1.807, 2.05) is 17.2 Å². The molecule has 1 aromatic carbocycles. The maximum Gasteiger partial charge on any atom is 0.321 e. The Labute approximate surface area is 361 Å². The zero-order valence-electron chi connectivity index (χ0n) is 35.4. The molecule has 338 valence electrons. The Balaban J connectivity index is 1.05. The number of piperazine rings is 1. The van der Waals surface area contributed by atoms with E-state index in [0.29, 0.717) is 72.1 Å². The number of hydrogen-bond donors (Lipinski definition) is 7. The average Bonchev–Trinajstić information content (AvgIpc) is 3.64. The van der Waals surface area contributed by atoms with E-state index in [4.69, 9.17) is 30.8 Å². The lowest BCUT2D eigenvalue weighted by molar-refractivity contribution is -0.138. The normalized spacial score (nSPS) is 14.2. The summed E-state index contributed by atoms with van der Waals surface area (Å²) in [6, 6.07) is 7.17. The third-order valence-corrected chi connectivity index (χ3v) is 11.5. The van der Waals surface area contributed by atoms with E-state index in [0.717, 1.165) is 90.9 Å². The van der Waals surface area contributed by atoms with Gasteiger partial charge in [0.05, 0.1) is 52.0 Å². The van der Waals surface area contributed by atoms with Gasteiger partial charge >= 0.3 is 11.9 Å². The molecule has 2 aromatic heterocycles. The van der Waals surface area contributed by atoms with Crippen LogP contribution in [0, 0.1) is 0 Å². The number of aliphatic carboxylic acids is 2. The van der Waals surface area contributed by atoms with E-state index < -0.39 is 23.2 Å². The number of rotatable bonds is 30. The van der Waals surface area contributed by atoms with Crippen LogP contribution in [0.25, 0.3) is 11.0 Å². The third-order valence-electron chi connectivity index (χ3n) is 10.1. The molecule has 3 aromatic rings. The van der Waals surface area contributed by atoms with E-state index in [2.05, 4.69) is 60.5 Å². The number of nitrogens with one attached hydrogen (secondary N) is 3. The van der Waals surface area contributed by atoms with Crippen LogP contribution in [0.3, 0.4) is 0 Å². The van der Waals surface area contributed by atoms with Gasteiger partial charge in [-0.05, 0) is 37.1 Å². The summed E-state index contributed by atoms with van der Waals surface area (Å²) >= 11 is 0.989. The van der Waals surface area contributed by atoms with E-state index >= 15 is 0 Å². The second-order valence-corrected chi connectivity index (χ2v) is 16.0. The van der Waals surface area contributed by atoms with Gasteiger partial charge in [-0.1, -0.05) is 31.9 Å². The minimum Gasteiger partial charge on any atom is -0.496 e. The molecule has 4 rings (SSSR count). The largest absolute Gasteiger partial charge is 0.496 e. The van der Waals surface area contributed by atoms with Gasteiger partial charge in [-0.25, -0.2) is 4.98 Å². The summed E-state index contributed by atoms with van der Waals surface area (Å²) in [4.78, 5) is 60.3. The number of carboxylic acids is 2. The molecule has 1 aliphatic rings. The Kier molecular flexibility index (Phi) is 21.3. The molecule has 1 fully saturated rings. The molecule has 1 aliphatic heterocycles. The van der Waals surface area contributed by atoms with E-state index in [1.54, 1.807) is 7.11 Å². The van der Waals surface area contributed by atoms with E-state index in [1.165, 1.54) is 0 Å². The first-order valence-corrected chi connectivity index (χ1v) is 22.0. The maximum atomic E-state index is 12.9. The number of methoxy groups -OCH3 is 1. The van der Waals surface area contributed by atoms with Crippen LogP contribution < -0.4 is 32.2 Å². The molecule has 3 heterocycles. The number of carbonyl (C=O) groups is 4. The number of benzene rings is 1. The minimum absolute atomic E-state index is 0.0000362. The van der Waals surface area contributed by atoms with Gasteiger partial charge in [0.1, 0.15) is 22.6 Å². The summed E-state index contributed by atoms with van der Waals surface area (Å²) in [5.74, 6) is -0.523. The molecule has 20 heteroatoms. The summed E-state index contributed by atoms with van der Waals surface area (Å²) < 4.78 is 19.1. The highest BCUT2D eigenvalue weighted by molar-refractivity contribution is 8.00. The summed E-state index contributed by atoms with van der Waals surface area (Å²) in [7, 11) is 1.69. The van der Waals surface area contributed by atoms with Gasteiger partial charge in [-0.15, -0.1) is 11.8 Å². The van der Waals surface area contributed by atoms with Crippen LogP contribution in [0.2, 0.25) is 0 Å². The Morgan fingerprint density at radius 1 is 0.902 bits per heavy atom. The second kappa shape index (κ2) is 26.6. The highest BCUT2D eigenvalue weighted by Crippen LogP contribution is 2.28. The Bertz CT molecular complexity index is 1840. The van der Waals surface area contributed by atoms with E-state index in [9.17, 15) is 24.3 Å². The van der Waals surface area contributed by atoms with Crippen molar-refractivity contribution in [2.24, 2.45) is 5.73 Å². The smallest absolute Gasteiger partial charge is 0.321 e. The first kappa shape index (κ1) is 48.9. The van der Waals surface area contributed by atoms with Crippen LogP contribution in [-0.2, 0) is 41.7 Å². The zero-order valence-corrected chi connectivity index (χ0v) is 36.3. The predicted octanol–water partition coefficient (Wildman–Crippen LogP) is 1.82. The fraction of sp³-hybridized carbons (Fsp3) is 0.610. The number of nitrogens with two attached hydrogens (primary N) is 2. The molecule has 19 nitrogen and oxygen atoms in total. The van der Waals surface area contributed by atoms with Gasteiger partial charge in [-0.3, -0.25) is 24.1 Å². The molecule has 0 unspecified atom stereocenters. The first-order valence-electron chi connectivity index (χ1n) is 21.0. The number of hydrogen-bond acceptors (Lipinski definition) is 15. The monoisotopic (exact) mass is 872 g/mol. The number of nitrogen functional groups attached to an aromatic ring is 1. The average molecular weight is 873 g/mol. The van der Waals surface area contributed by atoms with Gasteiger partial charge in [0, 0.05) is 76.3 Å². The van der Waals surface area contributed by atoms with Gasteiger partial charge in [0.25, 0.3) is 0 Å². The van der Waals surface area contributed by atoms with Crippen molar-refractivity contribution in [2.45, 2.75) is 69.8 Å². The minimum atomic E-state index is -1.18. The van der Waals surface area contributed by atoms with Crippen molar-refractivity contribution in [2.75, 3.05) is 103 Å². The molecule has 2 atom stereocenters. The van der Waals surface area contributed by atoms with Crippen LogP contribution in [0.1, 0.15) is 56.6 Å². The summed E-state index contributed by atoms with van der Waals surface area (Å²) in [5, 5.41) is 26.6. The lowest BCUT2D eigenvalue weighted by Crippen LogP contribution is -2.48. The van der Waals surface area contributed by atoms with Gasteiger partial charge < -0.3 is 61.3 Å². The molecule has 0 bridgehead atoms. The number of aromatic nitrogens is 3. The standard InChI is InChI=1S/C41H64N10O9S/c1-3-4-5-12-46-38-37-32(47-41(43)48-38)10-16-51(37)27-30-7-6-29(25-33(30)58-2)26-49-17-19-50(20-18-49)36(53)11-21-59-23-24-60-22-15-45-35(52)9-14-44-13-8-34(40(56)57)61-28-31(42)39(54)55/h6-7,10,16,25,31,34,44H,3-5,8-9,11-15,17-24,26-28,42H2,1-2H3,(H,45,52)(H,54,55)(H,56,57)(H3,43,46,47,48)/t31-,34-/m0/s1. The molecular formula is C41H64N10O9S. The number of fused-ring (bicyclic) bond motifs is 1. The summed E-state index contributed by atoms with van der Waals surface area (Å²) in [6.45, 7) is 9.51. The Morgan fingerprint density at radius 3 is 2.39 bits per heavy atom. The number of anilines is 2.